The smallest absolute Gasteiger partial charge is 0.223 e. The van der Waals surface area contributed by atoms with E-state index in [0.717, 1.165) is 6.42 Å². The van der Waals surface area contributed by atoms with Crippen LogP contribution in [0.1, 0.15) is 31.7 Å². The van der Waals surface area contributed by atoms with Gasteiger partial charge in [0.15, 0.2) is 0 Å². The van der Waals surface area contributed by atoms with Gasteiger partial charge in [-0.15, -0.1) is 0 Å². The molecule has 0 bridgehead atoms. The molecule has 2 rings (SSSR count). The quantitative estimate of drug-likeness (QED) is 0.784. The third-order valence-electron chi connectivity index (χ3n) is 3.21. The zero-order chi connectivity index (χ0) is 13.0. The van der Waals surface area contributed by atoms with Crippen molar-refractivity contribution in [1.29, 1.82) is 0 Å². The maximum absolute atomic E-state index is 11.9. The largest absolute Gasteiger partial charge is 0.377 e. The number of carbonyl (C=O) groups is 1. The highest BCUT2D eigenvalue weighted by molar-refractivity contribution is 5.82. The van der Waals surface area contributed by atoms with Crippen molar-refractivity contribution in [2.75, 3.05) is 13.2 Å². The average molecular weight is 247 g/mol. The van der Waals surface area contributed by atoms with E-state index in [9.17, 15) is 4.79 Å². The Hall–Kier alpha value is -1.35. The Labute approximate surface area is 109 Å². The highest BCUT2D eigenvalue weighted by Gasteiger charge is 2.43. The highest BCUT2D eigenvalue weighted by Crippen LogP contribution is 2.47. The predicted molar refractivity (Wildman–Crippen MR) is 71.4 cm³/mol. The molecule has 3 heteroatoms. The Morgan fingerprint density at radius 2 is 2.11 bits per heavy atom. The van der Waals surface area contributed by atoms with E-state index in [0.29, 0.717) is 19.1 Å². The van der Waals surface area contributed by atoms with Crippen LogP contribution in [0.5, 0.6) is 0 Å². The summed E-state index contributed by atoms with van der Waals surface area (Å²) in [6.45, 7) is 5.18. The minimum Gasteiger partial charge on any atom is -0.377 e. The van der Waals surface area contributed by atoms with Crippen LogP contribution in [0.25, 0.3) is 0 Å². The molecule has 0 aliphatic heterocycles. The van der Waals surface area contributed by atoms with E-state index >= 15 is 0 Å². The van der Waals surface area contributed by atoms with Gasteiger partial charge in [-0.05, 0) is 31.7 Å². The summed E-state index contributed by atoms with van der Waals surface area (Å²) >= 11 is 0. The number of hydrogen-bond donors (Lipinski definition) is 1. The minimum absolute atomic E-state index is 0.159. The van der Waals surface area contributed by atoms with Crippen LogP contribution in [0.15, 0.2) is 30.3 Å². The molecular formula is C15H21NO2. The van der Waals surface area contributed by atoms with Crippen molar-refractivity contribution >= 4 is 5.91 Å². The Morgan fingerprint density at radius 3 is 2.78 bits per heavy atom. The lowest BCUT2D eigenvalue weighted by Crippen LogP contribution is -2.29. The topological polar surface area (TPSA) is 38.3 Å². The maximum Gasteiger partial charge on any atom is 0.223 e. The fourth-order valence-electron chi connectivity index (χ4n) is 2.15. The van der Waals surface area contributed by atoms with Crippen LogP contribution in [-0.2, 0) is 9.53 Å². The second-order valence-electron chi connectivity index (χ2n) is 5.07. The van der Waals surface area contributed by atoms with Crippen molar-refractivity contribution < 1.29 is 9.53 Å². The summed E-state index contributed by atoms with van der Waals surface area (Å²) in [7, 11) is 0. The number of ether oxygens (including phenoxy) is 1. The van der Waals surface area contributed by atoms with Gasteiger partial charge in [-0.1, -0.05) is 30.3 Å². The molecular weight excluding hydrogens is 226 g/mol. The van der Waals surface area contributed by atoms with Crippen LogP contribution in [0.2, 0.25) is 0 Å². The van der Waals surface area contributed by atoms with E-state index in [4.69, 9.17) is 4.74 Å². The molecule has 0 spiro atoms. The highest BCUT2D eigenvalue weighted by atomic mass is 16.5. The van der Waals surface area contributed by atoms with Crippen LogP contribution in [0, 0.1) is 5.92 Å². The van der Waals surface area contributed by atoms with Crippen molar-refractivity contribution in [2.45, 2.75) is 32.3 Å². The summed E-state index contributed by atoms with van der Waals surface area (Å²) in [5.74, 6) is 0.736. The number of benzene rings is 1. The third kappa shape index (κ3) is 3.57. The molecule has 0 aromatic heterocycles. The second kappa shape index (κ2) is 6.01. The molecule has 1 fully saturated rings. The van der Waals surface area contributed by atoms with Crippen molar-refractivity contribution in [2.24, 2.45) is 5.92 Å². The fraction of sp³-hybridized carbons (Fsp3) is 0.533. The Kier molecular flexibility index (Phi) is 4.37. The summed E-state index contributed by atoms with van der Waals surface area (Å²) in [5, 5.41) is 2.94. The lowest BCUT2D eigenvalue weighted by molar-refractivity contribution is -0.122. The number of carbonyl (C=O) groups excluding carboxylic acids is 1. The molecule has 18 heavy (non-hydrogen) atoms. The van der Waals surface area contributed by atoms with E-state index in [-0.39, 0.29) is 17.9 Å². The summed E-state index contributed by atoms with van der Waals surface area (Å²) in [6, 6.07) is 10.3. The Morgan fingerprint density at radius 1 is 1.39 bits per heavy atom. The van der Waals surface area contributed by atoms with Gasteiger partial charge in [-0.2, -0.15) is 0 Å². The average Bonchev–Trinajstić information content (AvgIpc) is 3.15. The zero-order valence-corrected chi connectivity index (χ0v) is 11.1. The molecule has 1 aliphatic rings. The molecule has 3 nitrogen and oxygen atoms in total. The van der Waals surface area contributed by atoms with Crippen LogP contribution in [0.3, 0.4) is 0 Å². The van der Waals surface area contributed by atoms with Crippen molar-refractivity contribution in [3.05, 3.63) is 35.9 Å². The number of rotatable bonds is 6. The molecule has 0 heterocycles. The molecule has 1 saturated carbocycles. The molecule has 0 radical (unpaired) electrons. The van der Waals surface area contributed by atoms with Crippen LogP contribution in [0.4, 0.5) is 0 Å². The molecule has 1 amide bonds. The van der Waals surface area contributed by atoms with E-state index in [1.165, 1.54) is 5.56 Å². The number of amides is 1. The van der Waals surface area contributed by atoms with Gasteiger partial charge in [0.1, 0.15) is 0 Å². The first-order valence-corrected chi connectivity index (χ1v) is 6.62. The van der Waals surface area contributed by atoms with Crippen molar-refractivity contribution in [1.82, 2.24) is 5.32 Å². The van der Waals surface area contributed by atoms with Crippen LogP contribution < -0.4 is 5.32 Å². The summed E-state index contributed by atoms with van der Waals surface area (Å²) < 4.78 is 5.39. The van der Waals surface area contributed by atoms with E-state index in [1.54, 1.807) is 0 Å². The fourth-order valence-corrected chi connectivity index (χ4v) is 2.15. The molecule has 0 saturated heterocycles. The first-order chi connectivity index (χ1) is 8.68. The normalized spacial score (nSPS) is 21.9. The monoisotopic (exact) mass is 247 g/mol. The number of hydrogen-bond acceptors (Lipinski definition) is 2. The summed E-state index contributed by atoms with van der Waals surface area (Å²) in [5.41, 5.74) is 1.27. The number of nitrogens with one attached hydrogen (secondary N) is 1. The summed E-state index contributed by atoms with van der Waals surface area (Å²) in [4.78, 5) is 11.9. The molecule has 1 N–H and O–H groups in total. The van der Waals surface area contributed by atoms with Gasteiger partial charge in [0, 0.05) is 12.5 Å². The maximum atomic E-state index is 11.9. The summed E-state index contributed by atoms with van der Waals surface area (Å²) in [6.07, 6.45) is 1.20. The van der Waals surface area contributed by atoms with Gasteiger partial charge >= 0.3 is 0 Å². The van der Waals surface area contributed by atoms with Gasteiger partial charge in [0.25, 0.3) is 0 Å². The lowest BCUT2D eigenvalue weighted by atomic mass is 10.1. The van der Waals surface area contributed by atoms with Crippen molar-refractivity contribution in [3.63, 3.8) is 0 Å². The van der Waals surface area contributed by atoms with Gasteiger partial charge in [0.05, 0.1) is 12.7 Å². The molecule has 2 atom stereocenters. The van der Waals surface area contributed by atoms with Crippen molar-refractivity contribution in [3.8, 4) is 0 Å². The van der Waals surface area contributed by atoms with Gasteiger partial charge in [-0.25, -0.2) is 0 Å². The minimum atomic E-state index is 0.159. The first kappa shape index (κ1) is 13.1. The SMILES string of the molecule is CC(C)OCCNC(=O)C1CC1c1ccccc1. The molecule has 1 aromatic carbocycles. The molecule has 2 unspecified atom stereocenters. The predicted octanol–water partition coefficient (Wildman–Crippen LogP) is 2.33. The Bertz CT molecular complexity index is 389. The van der Waals surface area contributed by atoms with Gasteiger partial charge in [-0.3, -0.25) is 4.79 Å². The van der Waals surface area contributed by atoms with Crippen LogP contribution in [-0.4, -0.2) is 25.2 Å². The third-order valence-corrected chi connectivity index (χ3v) is 3.21. The first-order valence-electron chi connectivity index (χ1n) is 6.62. The molecule has 98 valence electrons. The van der Waals surface area contributed by atoms with E-state index in [2.05, 4.69) is 17.4 Å². The Balaban J connectivity index is 1.70. The van der Waals surface area contributed by atoms with Gasteiger partial charge in [0.2, 0.25) is 5.91 Å². The van der Waals surface area contributed by atoms with Gasteiger partial charge < -0.3 is 10.1 Å². The van der Waals surface area contributed by atoms with Crippen LogP contribution >= 0.6 is 0 Å². The standard InChI is InChI=1S/C15H21NO2/c1-11(2)18-9-8-16-15(17)14-10-13(14)12-6-4-3-5-7-12/h3-7,11,13-14H,8-10H2,1-2H3,(H,16,17). The molecule has 1 aromatic rings. The van der Waals surface area contributed by atoms with E-state index in [1.807, 2.05) is 32.0 Å². The van der Waals surface area contributed by atoms with E-state index < -0.39 is 0 Å². The zero-order valence-electron chi connectivity index (χ0n) is 11.1. The lowest BCUT2D eigenvalue weighted by Gasteiger charge is -2.08. The molecule has 1 aliphatic carbocycles. The second-order valence-corrected chi connectivity index (χ2v) is 5.07.